The maximum absolute atomic E-state index is 12.1. The first kappa shape index (κ1) is 24.9. The van der Waals surface area contributed by atoms with Crippen molar-refractivity contribution in [2.75, 3.05) is 10.5 Å². The van der Waals surface area contributed by atoms with Crippen molar-refractivity contribution in [3.8, 4) is 0 Å². The van der Waals surface area contributed by atoms with Crippen LogP contribution in [0.1, 0.15) is 24.6 Å². The Morgan fingerprint density at radius 1 is 1.12 bits per heavy atom. The molecule has 3 aromatic rings. The zero-order chi connectivity index (χ0) is 25.0. The lowest BCUT2D eigenvalue weighted by atomic mass is 10.1. The maximum Gasteiger partial charge on any atom is 0.320 e. The van der Waals surface area contributed by atoms with Crippen LogP contribution in [0.5, 0.6) is 0 Å². The molecule has 1 unspecified atom stereocenters. The Labute approximate surface area is 193 Å². The average molecular weight is 493 g/mol. The van der Waals surface area contributed by atoms with Crippen molar-refractivity contribution in [2.24, 2.45) is 0 Å². The molecule has 0 bridgehead atoms. The molecule has 0 fully saturated rings. The van der Waals surface area contributed by atoms with Crippen molar-refractivity contribution in [3.05, 3.63) is 58.4 Å². The molecule has 2 aromatic carbocycles. The number of rotatable bonds is 10. The fourth-order valence-corrected chi connectivity index (χ4v) is 4.22. The summed E-state index contributed by atoms with van der Waals surface area (Å²) in [6.07, 6.45) is -2.02. The number of aliphatic hydroxyl groups is 1. The van der Waals surface area contributed by atoms with E-state index in [1.165, 1.54) is 42.5 Å². The zero-order valence-corrected chi connectivity index (χ0v) is 18.3. The summed E-state index contributed by atoms with van der Waals surface area (Å²) in [6, 6.07) is 8.52. The van der Waals surface area contributed by atoms with Crippen LogP contribution in [0, 0.1) is 0 Å². The molecule has 14 heteroatoms. The molecule has 0 aliphatic rings. The van der Waals surface area contributed by atoms with Gasteiger partial charge in [-0.2, -0.15) is 0 Å². The zero-order valence-electron chi connectivity index (χ0n) is 17.5. The van der Waals surface area contributed by atoms with Crippen molar-refractivity contribution in [1.82, 2.24) is 15.3 Å². The third-order valence-electron chi connectivity index (χ3n) is 4.81. The maximum atomic E-state index is 12.1. The van der Waals surface area contributed by atoms with E-state index in [1.54, 1.807) is 0 Å². The van der Waals surface area contributed by atoms with Crippen molar-refractivity contribution < 1.29 is 34.0 Å². The van der Waals surface area contributed by atoms with Gasteiger partial charge in [0.1, 0.15) is 12.3 Å². The van der Waals surface area contributed by atoms with Crippen molar-refractivity contribution in [1.29, 1.82) is 0 Å². The van der Waals surface area contributed by atoms with Crippen molar-refractivity contribution >= 4 is 45.3 Å². The first-order chi connectivity index (χ1) is 16.0. The Hall–Kier alpha value is -3.69. The SMILES string of the molecule is Nc1nc2ccc(S(O)(O)Nc3ccc(C(O)N[C@@H](CCC(=O)O)C(=O)O)cc3)cc2c(=O)[nH]1. The van der Waals surface area contributed by atoms with Crippen LogP contribution in [0.4, 0.5) is 11.6 Å². The lowest BCUT2D eigenvalue weighted by Crippen LogP contribution is -2.39. The van der Waals surface area contributed by atoms with Gasteiger partial charge in [-0.25, -0.2) is 4.98 Å². The fraction of sp³-hybridized carbons (Fsp3) is 0.200. The van der Waals surface area contributed by atoms with E-state index >= 15 is 0 Å². The summed E-state index contributed by atoms with van der Waals surface area (Å²) in [6.45, 7) is 0. The summed E-state index contributed by atoms with van der Waals surface area (Å²) in [5.41, 5.74) is 5.79. The van der Waals surface area contributed by atoms with E-state index in [2.05, 4.69) is 20.0 Å². The predicted molar refractivity (Wildman–Crippen MR) is 124 cm³/mol. The largest absolute Gasteiger partial charge is 0.481 e. The number of aromatic amines is 1. The van der Waals surface area contributed by atoms with Crippen molar-refractivity contribution in [3.63, 3.8) is 0 Å². The number of hydrogen-bond donors (Lipinski definition) is 9. The van der Waals surface area contributed by atoms with E-state index in [1.807, 2.05) is 0 Å². The lowest BCUT2D eigenvalue weighted by Gasteiger charge is -2.34. The molecule has 0 aliphatic carbocycles. The van der Waals surface area contributed by atoms with Gasteiger partial charge in [0.15, 0.2) is 0 Å². The number of nitrogens with one attached hydrogen (secondary N) is 3. The lowest BCUT2D eigenvalue weighted by molar-refractivity contribution is -0.141. The van der Waals surface area contributed by atoms with Crippen LogP contribution in [0.3, 0.4) is 0 Å². The fourth-order valence-electron chi connectivity index (χ4n) is 3.10. The van der Waals surface area contributed by atoms with E-state index < -0.39 is 40.5 Å². The molecule has 3 rings (SSSR count). The minimum Gasteiger partial charge on any atom is -0.481 e. The Bertz CT molecular complexity index is 1260. The first-order valence-corrected chi connectivity index (χ1v) is 11.3. The number of aliphatic carboxylic acids is 2. The Balaban J connectivity index is 1.73. The Morgan fingerprint density at radius 2 is 1.79 bits per heavy atom. The molecule has 34 heavy (non-hydrogen) atoms. The smallest absolute Gasteiger partial charge is 0.320 e. The minimum atomic E-state index is -3.58. The Morgan fingerprint density at radius 3 is 2.41 bits per heavy atom. The first-order valence-electron chi connectivity index (χ1n) is 9.80. The molecule has 0 amide bonds. The molecular weight excluding hydrogens is 470 g/mol. The predicted octanol–water partition coefficient (Wildman–Crippen LogP) is 1.54. The summed E-state index contributed by atoms with van der Waals surface area (Å²) in [5, 5.41) is 30.7. The number of fused-ring (bicyclic) bond motifs is 1. The van der Waals surface area contributed by atoms with E-state index in [-0.39, 0.29) is 45.8 Å². The van der Waals surface area contributed by atoms with Gasteiger partial charge < -0.3 is 21.1 Å². The number of H-pyrrole nitrogens is 1. The molecular formula is C20H23N5O8S. The molecule has 0 aliphatic heterocycles. The van der Waals surface area contributed by atoms with Crippen LogP contribution >= 0.6 is 10.8 Å². The summed E-state index contributed by atoms with van der Waals surface area (Å²) in [5.74, 6) is -2.53. The highest BCUT2D eigenvalue weighted by Gasteiger charge is 2.22. The van der Waals surface area contributed by atoms with Crippen LogP contribution in [0.2, 0.25) is 0 Å². The van der Waals surface area contributed by atoms with Gasteiger partial charge in [-0.1, -0.05) is 22.9 Å². The molecule has 0 spiro atoms. The van der Waals surface area contributed by atoms with Gasteiger partial charge >= 0.3 is 11.9 Å². The second-order valence-electron chi connectivity index (χ2n) is 7.30. The molecule has 0 radical (unpaired) electrons. The quantitative estimate of drug-likeness (QED) is 0.183. The van der Waals surface area contributed by atoms with Crippen LogP contribution in [0.25, 0.3) is 10.9 Å². The number of anilines is 2. The number of nitrogens with zero attached hydrogens (tertiary/aromatic N) is 1. The van der Waals surface area contributed by atoms with E-state index in [4.69, 9.17) is 10.8 Å². The average Bonchev–Trinajstić information content (AvgIpc) is 2.76. The van der Waals surface area contributed by atoms with Crippen LogP contribution in [-0.4, -0.2) is 52.4 Å². The van der Waals surface area contributed by atoms with Gasteiger partial charge in [-0.15, -0.1) is 0 Å². The molecule has 182 valence electrons. The number of benzene rings is 2. The van der Waals surface area contributed by atoms with Gasteiger partial charge in [-0.05, 0) is 42.3 Å². The van der Waals surface area contributed by atoms with Gasteiger partial charge in [0.2, 0.25) is 5.95 Å². The van der Waals surface area contributed by atoms with E-state index in [9.17, 15) is 33.7 Å². The summed E-state index contributed by atoms with van der Waals surface area (Å²) in [7, 11) is -3.58. The third kappa shape index (κ3) is 6.00. The highest BCUT2D eigenvalue weighted by atomic mass is 32.3. The summed E-state index contributed by atoms with van der Waals surface area (Å²) >= 11 is 0. The van der Waals surface area contributed by atoms with Gasteiger partial charge in [-0.3, -0.25) is 38.5 Å². The molecule has 0 saturated carbocycles. The third-order valence-corrected chi connectivity index (χ3v) is 6.25. The molecule has 1 aromatic heterocycles. The standard InChI is InChI=1S/C20H23N5O8S/c21-20-23-14-6-5-12(9-13(14)18(29)24-20)34(32,33)25-11-3-1-10(2-4-11)17(28)22-15(19(30)31)7-8-16(26)27/h1-6,9,15,17,22,25,28,32-33H,7-8H2,(H,26,27)(H,30,31)(H3,21,23,24,29)/t15-,17?/m0/s1. The van der Waals surface area contributed by atoms with E-state index in [0.29, 0.717) is 0 Å². The normalized spacial score (nSPS) is 13.9. The van der Waals surface area contributed by atoms with E-state index in [0.717, 1.165) is 0 Å². The number of aromatic nitrogens is 2. The number of nitrogen functional groups attached to an aromatic ring is 1. The Kier molecular flexibility index (Phi) is 7.38. The summed E-state index contributed by atoms with van der Waals surface area (Å²) < 4.78 is 23.8. The topological polar surface area (TPSA) is 231 Å². The molecule has 10 N–H and O–H groups in total. The minimum absolute atomic E-state index is 0.0329. The second kappa shape index (κ2) is 10.1. The number of carboxylic acids is 2. The molecule has 13 nitrogen and oxygen atoms in total. The van der Waals surface area contributed by atoms with Crippen LogP contribution < -0.4 is 21.3 Å². The van der Waals surface area contributed by atoms with Gasteiger partial charge in [0.25, 0.3) is 5.56 Å². The number of aliphatic hydroxyl groups excluding tert-OH is 1. The van der Waals surface area contributed by atoms with Gasteiger partial charge in [0, 0.05) is 6.42 Å². The van der Waals surface area contributed by atoms with Crippen molar-refractivity contribution in [2.45, 2.75) is 30.0 Å². The number of carbonyl (C=O) groups is 2. The second-order valence-corrected chi connectivity index (χ2v) is 9.07. The summed E-state index contributed by atoms with van der Waals surface area (Å²) in [4.78, 5) is 40.4. The number of nitrogens with two attached hydrogens (primary N) is 1. The van der Waals surface area contributed by atoms with Crippen LogP contribution in [-0.2, 0) is 9.59 Å². The van der Waals surface area contributed by atoms with Crippen LogP contribution in [0.15, 0.2) is 52.2 Å². The highest BCUT2D eigenvalue weighted by Crippen LogP contribution is 2.48. The monoisotopic (exact) mass is 493 g/mol. The number of hydrogen-bond acceptors (Lipinski definition) is 10. The van der Waals surface area contributed by atoms with Gasteiger partial charge in [0.05, 0.1) is 21.5 Å². The molecule has 0 saturated heterocycles. The highest BCUT2D eigenvalue weighted by molar-refractivity contribution is 8.25. The molecule has 2 atom stereocenters. The number of carboxylic acid groups (broad SMARTS) is 2. The molecule has 1 heterocycles.